The van der Waals surface area contributed by atoms with Gasteiger partial charge in [0.1, 0.15) is 0 Å². The summed E-state index contributed by atoms with van der Waals surface area (Å²) < 4.78 is 1.76. The largest absolute Gasteiger partial charge is 0.324 e. The maximum Gasteiger partial charge on any atom is 0.238 e. The van der Waals surface area contributed by atoms with Crippen LogP contribution in [0.4, 0.5) is 5.69 Å². The van der Waals surface area contributed by atoms with Crippen LogP contribution in [0.5, 0.6) is 0 Å². The molecular formula is C14H17ClN4O. The highest BCUT2D eigenvalue weighted by molar-refractivity contribution is 6.33. The second-order valence-corrected chi connectivity index (χ2v) is 4.88. The predicted octanol–water partition coefficient (Wildman–Crippen LogP) is 1.84. The highest BCUT2D eigenvalue weighted by Crippen LogP contribution is 2.19. The molecule has 0 aliphatic carbocycles. The molecule has 0 aliphatic rings. The van der Waals surface area contributed by atoms with Gasteiger partial charge in [0.05, 0.1) is 23.5 Å². The number of nitrogens with one attached hydrogen (secondary N) is 2. The van der Waals surface area contributed by atoms with E-state index in [0.717, 1.165) is 18.5 Å². The average molecular weight is 293 g/mol. The van der Waals surface area contributed by atoms with Crippen LogP contribution < -0.4 is 10.6 Å². The van der Waals surface area contributed by atoms with Crippen molar-refractivity contribution in [3.05, 3.63) is 47.2 Å². The van der Waals surface area contributed by atoms with E-state index in [1.54, 1.807) is 16.8 Å². The number of nitrogens with zero attached hydrogens (tertiary/aromatic N) is 2. The molecule has 5 nitrogen and oxygen atoms in total. The Morgan fingerprint density at radius 3 is 2.90 bits per heavy atom. The summed E-state index contributed by atoms with van der Waals surface area (Å²) in [6, 6.07) is 7.17. The number of anilines is 1. The van der Waals surface area contributed by atoms with Crippen molar-refractivity contribution in [1.82, 2.24) is 15.1 Å². The molecule has 6 heteroatoms. The van der Waals surface area contributed by atoms with E-state index in [-0.39, 0.29) is 12.5 Å². The molecule has 1 heterocycles. The summed E-state index contributed by atoms with van der Waals surface area (Å²) in [5.74, 6) is -0.107. The fourth-order valence-corrected chi connectivity index (χ4v) is 1.98. The van der Waals surface area contributed by atoms with Crippen LogP contribution in [-0.4, -0.2) is 28.8 Å². The number of rotatable bonds is 6. The number of hydrogen-bond acceptors (Lipinski definition) is 3. The molecule has 2 N–H and O–H groups in total. The van der Waals surface area contributed by atoms with E-state index in [4.69, 9.17) is 11.6 Å². The van der Waals surface area contributed by atoms with Crippen molar-refractivity contribution in [2.45, 2.75) is 6.42 Å². The number of para-hydroxylation sites is 1. The standard InChI is InChI=1S/C14H17ClN4O/c1-19-10-11(8-17-19)6-7-16-9-14(20)18-13-5-3-2-4-12(13)15/h2-5,8,10,16H,6-7,9H2,1H3,(H,18,20). The molecule has 0 unspecified atom stereocenters. The minimum absolute atomic E-state index is 0.107. The molecule has 2 rings (SSSR count). The summed E-state index contributed by atoms with van der Waals surface area (Å²) in [5.41, 5.74) is 1.78. The Morgan fingerprint density at radius 1 is 1.40 bits per heavy atom. The Balaban J connectivity index is 1.69. The van der Waals surface area contributed by atoms with Gasteiger partial charge in [0.2, 0.25) is 5.91 Å². The van der Waals surface area contributed by atoms with E-state index < -0.39 is 0 Å². The Hall–Kier alpha value is -1.85. The van der Waals surface area contributed by atoms with Crippen molar-refractivity contribution in [2.24, 2.45) is 7.05 Å². The minimum Gasteiger partial charge on any atom is -0.324 e. The first kappa shape index (κ1) is 14.6. The van der Waals surface area contributed by atoms with Gasteiger partial charge in [0, 0.05) is 13.2 Å². The number of carbonyl (C=O) groups is 1. The number of carbonyl (C=O) groups excluding carboxylic acids is 1. The number of hydrogen-bond donors (Lipinski definition) is 2. The number of amides is 1. The number of aryl methyl sites for hydroxylation is 1. The smallest absolute Gasteiger partial charge is 0.238 e. The summed E-state index contributed by atoms with van der Waals surface area (Å²) >= 11 is 5.97. The summed E-state index contributed by atoms with van der Waals surface area (Å²) in [7, 11) is 1.88. The number of aromatic nitrogens is 2. The Kier molecular flexibility index (Phi) is 5.15. The van der Waals surface area contributed by atoms with Gasteiger partial charge in [-0.1, -0.05) is 23.7 Å². The van der Waals surface area contributed by atoms with Gasteiger partial charge in [-0.05, 0) is 30.7 Å². The monoisotopic (exact) mass is 292 g/mol. The van der Waals surface area contributed by atoms with Crippen LogP contribution in [0.3, 0.4) is 0 Å². The van der Waals surface area contributed by atoms with Gasteiger partial charge in [-0.15, -0.1) is 0 Å². The van der Waals surface area contributed by atoms with Crippen molar-refractivity contribution in [3.63, 3.8) is 0 Å². The zero-order chi connectivity index (χ0) is 14.4. The normalized spacial score (nSPS) is 10.5. The van der Waals surface area contributed by atoms with Gasteiger partial charge >= 0.3 is 0 Å². The molecule has 0 saturated heterocycles. The molecule has 1 amide bonds. The maximum absolute atomic E-state index is 11.7. The van der Waals surface area contributed by atoms with E-state index >= 15 is 0 Å². The fraction of sp³-hybridized carbons (Fsp3) is 0.286. The van der Waals surface area contributed by atoms with Gasteiger partial charge in [-0.25, -0.2) is 0 Å². The Labute approximate surface area is 122 Å². The van der Waals surface area contributed by atoms with Crippen molar-refractivity contribution in [1.29, 1.82) is 0 Å². The van der Waals surface area contributed by atoms with E-state index in [1.165, 1.54) is 0 Å². The summed E-state index contributed by atoms with van der Waals surface area (Å²) in [6.45, 7) is 0.979. The van der Waals surface area contributed by atoms with E-state index in [1.807, 2.05) is 31.6 Å². The van der Waals surface area contributed by atoms with E-state index in [0.29, 0.717) is 10.7 Å². The highest BCUT2D eigenvalue weighted by Gasteiger charge is 2.04. The van der Waals surface area contributed by atoms with Gasteiger partial charge in [0.25, 0.3) is 0 Å². The lowest BCUT2D eigenvalue weighted by atomic mass is 10.2. The van der Waals surface area contributed by atoms with Gasteiger partial charge in [0.15, 0.2) is 0 Å². The van der Waals surface area contributed by atoms with Crippen LogP contribution in [-0.2, 0) is 18.3 Å². The van der Waals surface area contributed by atoms with Crippen LogP contribution in [0.25, 0.3) is 0 Å². The van der Waals surface area contributed by atoms with Crippen molar-refractivity contribution < 1.29 is 4.79 Å². The van der Waals surface area contributed by atoms with Crippen molar-refractivity contribution in [3.8, 4) is 0 Å². The van der Waals surface area contributed by atoms with Gasteiger partial charge < -0.3 is 10.6 Å². The molecule has 20 heavy (non-hydrogen) atoms. The molecule has 0 saturated carbocycles. The maximum atomic E-state index is 11.7. The molecule has 0 aliphatic heterocycles. The molecule has 0 fully saturated rings. The molecule has 0 atom stereocenters. The molecule has 0 spiro atoms. The van der Waals surface area contributed by atoms with E-state index in [2.05, 4.69) is 15.7 Å². The lowest BCUT2D eigenvalue weighted by molar-refractivity contribution is -0.115. The van der Waals surface area contributed by atoms with Crippen molar-refractivity contribution >= 4 is 23.2 Å². The molecule has 0 radical (unpaired) electrons. The number of halogens is 1. The fourth-order valence-electron chi connectivity index (χ4n) is 1.79. The molecule has 1 aromatic carbocycles. The second-order valence-electron chi connectivity index (χ2n) is 4.48. The van der Waals surface area contributed by atoms with Gasteiger partial charge in [-0.3, -0.25) is 9.48 Å². The summed E-state index contributed by atoms with van der Waals surface area (Å²) in [5, 5.41) is 10.5. The third kappa shape index (κ3) is 4.36. The van der Waals surface area contributed by atoms with Crippen LogP contribution in [0.15, 0.2) is 36.7 Å². The molecule has 0 bridgehead atoms. The zero-order valence-electron chi connectivity index (χ0n) is 11.3. The molecule has 2 aromatic rings. The number of benzene rings is 1. The lowest BCUT2D eigenvalue weighted by Gasteiger charge is -2.07. The van der Waals surface area contributed by atoms with Crippen LogP contribution in [0, 0.1) is 0 Å². The van der Waals surface area contributed by atoms with E-state index in [9.17, 15) is 4.79 Å². The molecular weight excluding hydrogens is 276 g/mol. The first-order valence-electron chi connectivity index (χ1n) is 6.38. The third-order valence-electron chi connectivity index (χ3n) is 2.78. The predicted molar refractivity (Wildman–Crippen MR) is 79.9 cm³/mol. The van der Waals surface area contributed by atoms with Crippen LogP contribution in [0.1, 0.15) is 5.56 Å². The quantitative estimate of drug-likeness (QED) is 0.799. The Bertz CT molecular complexity index is 582. The van der Waals surface area contributed by atoms with Crippen LogP contribution in [0.2, 0.25) is 5.02 Å². The lowest BCUT2D eigenvalue weighted by Crippen LogP contribution is -2.29. The Morgan fingerprint density at radius 2 is 2.20 bits per heavy atom. The molecule has 106 valence electrons. The first-order valence-corrected chi connectivity index (χ1v) is 6.75. The van der Waals surface area contributed by atoms with Gasteiger partial charge in [-0.2, -0.15) is 5.10 Å². The highest BCUT2D eigenvalue weighted by atomic mass is 35.5. The average Bonchev–Trinajstić information content (AvgIpc) is 2.83. The summed E-state index contributed by atoms with van der Waals surface area (Å²) in [4.78, 5) is 11.7. The minimum atomic E-state index is -0.107. The third-order valence-corrected chi connectivity index (χ3v) is 3.11. The summed E-state index contributed by atoms with van der Waals surface area (Å²) in [6.07, 6.45) is 4.63. The second kappa shape index (κ2) is 7.07. The first-order chi connectivity index (χ1) is 9.65. The molecule has 1 aromatic heterocycles. The topological polar surface area (TPSA) is 59.0 Å². The van der Waals surface area contributed by atoms with Crippen molar-refractivity contribution in [2.75, 3.05) is 18.4 Å². The zero-order valence-corrected chi connectivity index (χ0v) is 12.0. The SMILES string of the molecule is Cn1cc(CCNCC(=O)Nc2ccccc2Cl)cn1. The van der Waals surface area contributed by atoms with Crippen LogP contribution >= 0.6 is 11.6 Å².